The van der Waals surface area contributed by atoms with Crippen LogP contribution in [-0.4, -0.2) is 26.6 Å². The van der Waals surface area contributed by atoms with Crippen molar-refractivity contribution in [1.82, 2.24) is 9.38 Å². The summed E-state index contributed by atoms with van der Waals surface area (Å²) in [5.41, 5.74) is 10.5. The van der Waals surface area contributed by atoms with Gasteiger partial charge in [-0.05, 0) is 42.3 Å². The lowest BCUT2D eigenvalue weighted by molar-refractivity contribution is -0.192. The Morgan fingerprint density at radius 1 is 1.26 bits per heavy atom. The van der Waals surface area contributed by atoms with E-state index >= 15 is 0 Å². The molecule has 0 saturated heterocycles. The molecule has 1 N–H and O–H groups in total. The van der Waals surface area contributed by atoms with Gasteiger partial charge < -0.3 is 5.11 Å². The van der Waals surface area contributed by atoms with E-state index in [2.05, 4.69) is 15.0 Å². The number of benzene rings is 1. The Morgan fingerprint density at radius 2 is 1.87 bits per heavy atom. The largest absolute Gasteiger partial charge is 0.490 e. The topological polar surface area (TPSA) is 120 Å². The summed E-state index contributed by atoms with van der Waals surface area (Å²) < 4.78 is 46.8. The molecule has 0 spiro atoms. The number of alkyl halides is 3. The number of nitrogens with zero attached hydrogens (tertiary/aromatic N) is 5. The zero-order valence-corrected chi connectivity index (χ0v) is 16.1. The average molecular weight is 437 g/mol. The second-order valence-electron chi connectivity index (χ2n) is 6.23. The highest BCUT2D eigenvalue weighted by Crippen LogP contribution is 2.27. The fraction of sp³-hybridized carbons (Fsp3) is 0.211. The number of fused-ring (bicyclic) bond motifs is 1. The Bertz CT molecular complexity index is 1230. The quantitative estimate of drug-likeness (QED) is 0.273. The van der Waals surface area contributed by atoms with Crippen LogP contribution in [0.4, 0.5) is 17.6 Å². The van der Waals surface area contributed by atoms with Crippen molar-refractivity contribution in [1.29, 1.82) is 0 Å². The number of carbonyl (C=O) groups is 1. The fourth-order valence-corrected chi connectivity index (χ4v) is 2.71. The van der Waals surface area contributed by atoms with Gasteiger partial charge in [-0.25, -0.2) is 14.2 Å². The van der Waals surface area contributed by atoms with E-state index in [1.54, 1.807) is 38.1 Å². The molecule has 0 fully saturated rings. The number of pyridine rings is 1. The van der Waals surface area contributed by atoms with Crippen molar-refractivity contribution < 1.29 is 27.5 Å². The second-order valence-corrected chi connectivity index (χ2v) is 6.23. The molecule has 31 heavy (non-hydrogen) atoms. The van der Waals surface area contributed by atoms with Crippen LogP contribution < -0.4 is 5.56 Å². The molecule has 2 aromatic heterocycles. The van der Waals surface area contributed by atoms with Gasteiger partial charge in [0.25, 0.3) is 5.56 Å². The maximum absolute atomic E-state index is 13.6. The molecule has 0 bridgehead atoms. The number of aromatic nitrogens is 2. The summed E-state index contributed by atoms with van der Waals surface area (Å²) in [6.07, 6.45) is -5.08. The first-order valence-electron chi connectivity index (χ1n) is 8.60. The molecule has 0 aliphatic heterocycles. The number of rotatable bonds is 3. The second kappa shape index (κ2) is 9.26. The standard InChI is InChI=1S/C17H14FN5O.C2HF3O2/c1-10-5-3-8-14-20-16(11(2)21-22-19)15(17(24)23(10)14)12-6-4-7-13(18)9-12;3-2(4,5)1(6)7/h3-9,11H,1-2H3;(H,6,7). The summed E-state index contributed by atoms with van der Waals surface area (Å²) in [5, 5.41) is 10.8. The molecule has 0 saturated carbocycles. The summed E-state index contributed by atoms with van der Waals surface area (Å²) in [6, 6.07) is 10.4. The van der Waals surface area contributed by atoms with Crippen molar-refractivity contribution in [2.24, 2.45) is 5.11 Å². The average Bonchev–Trinajstić information content (AvgIpc) is 2.67. The van der Waals surface area contributed by atoms with Crippen LogP contribution in [0.15, 0.2) is 52.4 Å². The van der Waals surface area contributed by atoms with E-state index in [1.165, 1.54) is 22.6 Å². The Labute approximate surface area is 172 Å². The zero-order chi connectivity index (χ0) is 23.3. The molecule has 3 aromatic rings. The molecule has 8 nitrogen and oxygen atoms in total. The molecular formula is C19H15F4N5O3. The summed E-state index contributed by atoms with van der Waals surface area (Å²) in [4.78, 5) is 29.2. The van der Waals surface area contributed by atoms with E-state index in [-0.39, 0.29) is 11.1 Å². The normalized spacial score (nSPS) is 11.8. The molecular weight excluding hydrogens is 422 g/mol. The minimum absolute atomic E-state index is 0.237. The smallest absolute Gasteiger partial charge is 0.475 e. The monoisotopic (exact) mass is 437 g/mol. The molecule has 2 heterocycles. The van der Waals surface area contributed by atoms with Crippen molar-refractivity contribution in [3.63, 3.8) is 0 Å². The molecule has 0 aliphatic carbocycles. The summed E-state index contributed by atoms with van der Waals surface area (Å²) in [7, 11) is 0. The van der Waals surface area contributed by atoms with E-state index in [0.29, 0.717) is 22.6 Å². The first kappa shape index (κ1) is 23.4. The molecule has 3 rings (SSSR count). The number of hydrogen-bond acceptors (Lipinski definition) is 4. The number of halogens is 4. The van der Waals surface area contributed by atoms with Crippen LogP contribution >= 0.6 is 0 Å². The van der Waals surface area contributed by atoms with Crippen LogP contribution in [0.1, 0.15) is 24.4 Å². The molecule has 162 valence electrons. The number of carboxylic acids is 1. The predicted molar refractivity (Wildman–Crippen MR) is 103 cm³/mol. The van der Waals surface area contributed by atoms with Gasteiger partial charge in [-0.1, -0.05) is 30.2 Å². The van der Waals surface area contributed by atoms with Gasteiger partial charge in [-0.15, -0.1) is 0 Å². The molecule has 12 heteroatoms. The van der Waals surface area contributed by atoms with E-state index in [9.17, 15) is 22.4 Å². The van der Waals surface area contributed by atoms with Gasteiger partial charge in [0.1, 0.15) is 11.5 Å². The first-order valence-corrected chi connectivity index (χ1v) is 8.60. The van der Waals surface area contributed by atoms with Gasteiger partial charge in [0.05, 0.1) is 17.3 Å². The number of aryl methyl sites for hydroxylation is 1. The zero-order valence-electron chi connectivity index (χ0n) is 16.1. The highest BCUT2D eigenvalue weighted by atomic mass is 19.4. The van der Waals surface area contributed by atoms with Gasteiger partial charge in [0.15, 0.2) is 0 Å². The van der Waals surface area contributed by atoms with Crippen molar-refractivity contribution >= 4 is 11.6 Å². The molecule has 0 aliphatic rings. The summed E-state index contributed by atoms with van der Waals surface area (Å²) >= 11 is 0. The van der Waals surface area contributed by atoms with Crippen LogP contribution in [0.3, 0.4) is 0 Å². The van der Waals surface area contributed by atoms with Crippen LogP contribution in [0.25, 0.3) is 27.2 Å². The lowest BCUT2D eigenvalue weighted by atomic mass is 10.0. The Kier molecular flexibility index (Phi) is 6.98. The molecule has 0 amide bonds. The summed E-state index contributed by atoms with van der Waals surface area (Å²) in [6.45, 7) is 3.44. The third-order valence-electron chi connectivity index (χ3n) is 4.05. The highest BCUT2D eigenvalue weighted by molar-refractivity contribution is 5.73. The van der Waals surface area contributed by atoms with Crippen LogP contribution in [0.5, 0.6) is 0 Å². The molecule has 1 unspecified atom stereocenters. The SMILES string of the molecule is Cc1cccc2nc(C(C)N=[N+]=[N-])c(-c3cccc(F)c3)c(=O)n12.O=C(O)C(F)(F)F. The minimum atomic E-state index is -5.08. The van der Waals surface area contributed by atoms with E-state index < -0.39 is 24.0 Å². The highest BCUT2D eigenvalue weighted by Gasteiger charge is 2.38. The van der Waals surface area contributed by atoms with Crippen LogP contribution in [0, 0.1) is 12.7 Å². The predicted octanol–water partition coefficient (Wildman–Crippen LogP) is 4.81. The summed E-state index contributed by atoms with van der Waals surface area (Å²) in [5.74, 6) is -3.21. The van der Waals surface area contributed by atoms with Crippen molar-refractivity contribution in [3.8, 4) is 11.1 Å². The van der Waals surface area contributed by atoms with E-state index in [4.69, 9.17) is 15.4 Å². The Balaban J connectivity index is 0.000000423. The van der Waals surface area contributed by atoms with Gasteiger partial charge >= 0.3 is 12.1 Å². The lowest BCUT2D eigenvalue weighted by Gasteiger charge is -2.14. The van der Waals surface area contributed by atoms with Crippen molar-refractivity contribution in [2.45, 2.75) is 26.1 Å². The number of carboxylic acid groups (broad SMARTS) is 1. The molecule has 0 radical (unpaired) electrons. The fourth-order valence-electron chi connectivity index (χ4n) is 2.71. The Hall–Kier alpha value is -3.92. The Morgan fingerprint density at radius 3 is 2.42 bits per heavy atom. The van der Waals surface area contributed by atoms with Gasteiger partial charge in [0.2, 0.25) is 0 Å². The number of azide groups is 1. The third-order valence-corrected chi connectivity index (χ3v) is 4.05. The van der Waals surface area contributed by atoms with Gasteiger partial charge in [-0.3, -0.25) is 9.20 Å². The first-order chi connectivity index (χ1) is 14.5. The van der Waals surface area contributed by atoms with Crippen LogP contribution in [0.2, 0.25) is 0 Å². The van der Waals surface area contributed by atoms with E-state index in [0.717, 1.165) is 0 Å². The number of aliphatic carboxylic acids is 1. The maximum atomic E-state index is 13.6. The van der Waals surface area contributed by atoms with Crippen molar-refractivity contribution in [3.05, 3.63) is 80.5 Å². The molecule has 1 aromatic carbocycles. The maximum Gasteiger partial charge on any atom is 0.490 e. The molecule has 1 atom stereocenters. The van der Waals surface area contributed by atoms with E-state index in [1.807, 2.05) is 0 Å². The van der Waals surface area contributed by atoms with Gasteiger partial charge in [0, 0.05) is 10.6 Å². The van der Waals surface area contributed by atoms with Crippen LogP contribution in [-0.2, 0) is 4.79 Å². The minimum Gasteiger partial charge on any atom is -0.475 e. The lowest BCUT2D eigenvalue weighted by Crippen LogP contribution is -2.22. The van der Waals surface area contributed by atoms with Crippen molar-refractivity contribution in [2.75, 3.05) is 0 Å². The third kappa shape index (κ3) is 5.37. The van der Waals surface area contributed by atoms with Gasteiger partial charge in [-0.2, -0.15) is 13.2 Å². The number of hydrogen-bond donors (Lipinski definition) is 1.